The zero-order valence-electron chi connectivity index (χ0n) is 14.8. The van der Waals surface area contributed by atoms with E-state index in [1.807, 2.05) is 11.8 Å². The highest BCUT2D eigenvalue weighted by Gasteiger charge is 2.31. The average Bonchev–Trinajstić information content (AvgIpc) is 3.03. The highest BCUT2D eigenvalue weighted by Crippen LogP contribution is 2.28. The minimum absolute atomic E-state index is 0.327. The topological polar surface area (TPSA) is 88.8 Å². The van der Waals surface area contributed by atoms with Gasteiger partial charge in [-0.05, 0) is 37.1 Å². The average molecular weight is 366 g/mol. The molecule has 25 heavy (non-hydrogen) atoms. The van der Waals surface area contributed by atoms with Gasteiger partial charge < -0.3 is 14.1 Å². The zero-order valence-corrected chi connectivity index (χ0v) is 15.6. The number of ether oxygens (including phenoxy) is 1. The van der Waals surface area contributed by atoms with Gasteiger partial charge in [0.2, 0.25) is 15.9 Å². The standard InChI is InChI=1S/C16H22N4O4S/c1-11-10-15(12(2)9-14(11)23-4)25(21,22)20-7-5-19(6-8-20)16-18-17-13(3)24-16/h9-10H,5-8H2,1-4H3. The van der Waals surface area contributed by atoms with Crippen LogP contribution in [0.5, 0.6) is 5.75 Å². The molecule has 0 atom stereocenters. The van der Waals surface area contributed by atoms with E-state index in [1.165, 1.54) is 4.31 Å². The molecule has 136 valence electrons. The number of nitrogens with zero attached hydrogens (tertiary/aromatic N) is 4. The Bertz CT molecular complexity index is 870. The fourth-order valence-corrected chi connectivity index (χ4v) is 4.65. The van der Waals surface area contributed by atoms with Gasteiger partial charge in [0.1, 0.15) is 5.75 Å². The summed E-state index contributed by atoms with van der Waals surface area (Å²) in [5.74, 6) is 1.18. The second kappa shape index (κ2) is 6.64. The number of piperazine rings is 1. The second-order valence-electron chi connectivity index (χ2n) is 6.08. The van der Waals surface area contributed by atoms with Crippen LogP contribution in [0.3, 0.4) is 0 Å². The van der Waals surface area contributed by atoms with E-state index in [0.29, 0.717) is 54.3 Å². The molecule has 0 aliphatic carbocycles. The van der Waals surface area contributed by atoms with Crippen LogP contribution in [0.2, 0.25) is 0 Å². The Hall–Kier alpha value is -2.13. The van der Waals surface area contributed by atoms with Gasteiger partial charge in [-0.2, -0.15) is 4.31 Å². The SMILES string of the molecule is COc1cc(C)c(S(=O)(=O)N2CCN(c3nnc(C)o3)CC2)cc1C. The monoisotopic (exact) mass is 366 g/mol. The zero-order chi connectivity index (χ0) is 18.2. The summed E-state index contributed by atoms with van der Waals surface area (Å²) in [5, 5.41) is 7.80. The van der Waals surface area contributed by atoms with Crippen molar-refractivity contribution in [1.29, 1.82) is 0 Å². The van der Waals surface area contributed by atoms with E-state index in [1.54, 1.807) is 33.1 Å². The summed E-state index contributed by atoms with van der Waals surface area (Å²) >= 11 is 0. The second-order valence-corrected chi connectivity index (χ2v) is 7.99. The Kier molecular flexibility index (Phi) is 4.70. The third-order valence-electron chi connectivity index (χ3n) is 4.33. The van der Waals surface area contributed by atoms with Gasteiger partial charge in [-0.15, -0.1) is 5.10 Å². The maximum Gasteiger partial charge on any atom is 0.318 e. The van der Waals surface area contributed by atoms with Gasteiger partial charge in [0.15, 0.2) is 0 Å². The molecule has 0 spiro atoms. The molecule has 0 amide bonds. The van der Waals surface area contributed by atoms with E-state index in [0.717, 1.165) is 5.56 Å². The molecule has 0 radical (unpaired) electrons. The third-order valence-corrected chi connectivity index (χ3v) is 6.38. The van der Waals surface area contributed by atoms with Crippen LogP contribution < -0.4 is 9.64 Å². The van der Waals surface area contributed by atoms with Crippen LogP contribution in [-0.4, -0.2) is 56.2 Å². The first-order chi connectivity index (χ1) is 11.8. The quantitative estimate of drug-likeness (QED) is 0.810. The molecule has 1 aliphatic heterocycles. The number of anilines is 1. The van der Waals surface area contributed by atoms with Crippen molar-refractivity contribution in [3.05, 3.63) is 29.2 Å². The molecule has 1 aromatic heterocycles. The number of benzene rings is 1. The summed E-state index contributed by atoms with van der Waals surface area (Å²) in [7, 11) is -1.98. The molecule has 3 rings (SSSR count). The van der Waals surface area contributed by atoms with Crippen molar-refractivity contribution in [2.45, 2.75) is 25.7 Å². The lowest BCUT2D eigenvalue weighted by molar-refractivity contribution is 0.369. The van der Waals surface area contributed by atoms with Crippen molar-refractivity contribution in [3.8, 4) is 5.75 Å². The largest absolute Gasteiger partial charge is 0.496 e. The summed E-state index contributed by atoms with van der Waals surface area (Å²) in [5.41, 5.74) is 1.48. The predicted octanol–water partition coefficient (Wildman–Crippen LogP) is 1.51. The highest BCUT2D eigenvalue weighted by atomic mass is 32.2. The van der Waals surface area contributed by atoms with Crippen LogP contribution in [0.1, 0.15) is 17.0 Å². The van der Waals surface area contributed by atoms with Crippen molar-refractivity contribution < 1.29 is 17.6 Å². The van der Waals surface area contributed by atoms with Gasteiger partial charge >= 0.3 is 6.01 Å². The van der Waals surface area contributed by atoms with Crippen molar-refractivity contribution in [2.24, 2.45) is 0 Å². The highest BCUT2D eigenvalue weighted by molar-refractivity contribution is 7.89. The van der Waals surface area contributed by atoms with Crippen LogP contribution >= 0.6 is 0 Å². The maximum atomic E-state index is 13.0. The molecule has 1 aliphatic rings. The summed E-state index contributed by atoms with van der Waals surface area (Å²) in [6, 6.07) is 3.88. The van der Waals surface area contributed by atoms with E-state index in [-0.39, 0.29) is 0 Å². The summed E-state index contributed by atoms with van der Waals surface area (Å²) in [6.45, 7) is 7.11. The van der Waals surface area contributed by atoms with Gasteiger partial charge in [-0.1, -0.05) is 5.10 Å². The van der Waals surface area contributed by atoms with Crippen molar-refractivity contribution >= 4 is 16.0 Å². The summed E-state index contributed by atoms with van der Waals surface area (Å²) < 4.78 is 38.2. The number of hydrogen-bond acceptors (Lipinski definition) is 7. The van der Waals surface area contributed by atoms with E-state index in [2.05, 4.69) is 10.2 Å². The lowest BCUT2D eigenvalue weighted by Crippen LogP contribution is -2.48. The molecule has 2 aromatic rings. The molecule has 1 aromatic carbocycles. The maximum absolute atomic E-state index is 13.0. The molecular weight excluding hydrogens is 344 g/mol. The van der Waals surface area contributed by atoms with Crippen LogP contribution in [0.4, 0.5) is 6.01 Å². The fourth-order valence-electron chi connectivity index (χ4n) is 2.93. The third kappa shape index (κ3) is 3.34. The fraction of sp³-hybridized carbons (Fsp3) is 0.500. The first-order valence-corrected chi connectivity index (χ1v) is 9.47. The van der Waals surface area contributed by atoms with E-state index < -0.39 is 10.0 Å². The van der Waals surface area contributed by atoms with Crippen LogP contribution in [0.15, 0.2) is 21.4 Å². The molecule has 9 heteroatoms. The Morgan fingerprint density at radius 2 is 1.72 bits per heavy atom. The van der Waals surface area contributed by atoms with Gasteiger partial charge in [0.05, 0.1) is 12.0 Å². The van der Waals surface area contributed by atoms with E-state index >= 15 is 0 Å². The van der Waals surface area contributed by atoms with Crippen molar-refractivity contribution in [3.63, 3.8) is 0 Å². The number of hydrogen-bond donors (Lipinski definition) is 0. The van der Waals surface area contributed by atoms with Gasteiger partial charge in [-0.25, -0.2) is 8.42 Å². The van der Waals surface area contributed by atoms with Crippen molar-refractivity contribution in [2.75, 3.05) is 38.2 Å². The number of sulfonamides is 1. The molecule has 1 fully saturated rings. The number of aryl methyl sites for hydroxylation is 3. The lowest BCUT2D eigenvalue weighted by atomic mass is 10.1. The van der Waals surface area contributed by atoms with Crippen LogP contribution in [0.25, 0.3) is 0 Å². The Morgan fingerprint density at radius 1 is 1.04 bits per heavy atom. The number of aromatic nitrogens is 2. The summed E-state index contributed by atoms with van der Waals surface area (Å²) in [6.07, 6.45) is 0. The molecular formula is C16H22N4O4S. The first kappa shape index (κ1) is 17.7. The van der Waals surface area contributed by atoms with Crippen LogP contribution in [-0.2, 0) is 10.0 Å². The van der Waals surface area contributed by atoms with Gasteiger partial charge in [0.25, 0.3) is 0 Å². The van der Waals surface area contributed by atoms with Crippen molar-refractivity contribution in [1.82, 2.24) is 14.5 Å². The minimum Gasteiger partial charge on any atom is -0.496 e. The molecule has 8 nitrogen and oxygen atoms in total. The smallest absolute Gasteiger partial charge is 0.318 e. The van der Waals surface area contributed by atoms with Crippen LogP contribution in [0, 0.1) is 20.8 Å². The number of methoxy groups -OCH3 is 1. The number of rotatable bonds is 4. The lowest BCUT2D eigenvalue weighted by Gasteiger charge is -2.33. The molecule has 1 saturated heterocycles. The van der Waals surface area contributed by atoms with Gasteiger partial charge in [-0.3, -0.25) is 0 Å². The predicted molar refractivity (Wildman–Crippen MR) is 92.5 cm³/mol. The molecule has 2 heterocycles. The first-order valence-electron chi connectivity index (χ1n) is 8.03. The van der Waals surface area contributed by atoms with Gasteiger partial charge in [0, 0.05) is 33.1 Å². The minimum atomic E-state index is -3.56. The molecule has 0 bridgehead atoms. The normalized spacial score (nSPS) is 16.2. The summed E-state index contributed by atoms with van der Waals surface area (Å²) in [4.78, 5) is 2.23. The Morgan fingerprint density at radius 3 is 2.28 bits per heavy atom. The van der Waals surface area contributed by atoms with E-state index in [9.17, 15) is 8.42 Å². The molecule has 0 N–H and O–H groups in total. The molecule has 0 saturated carbocycles. The van der Waals surface area contributed by atoms with E-state index in [4.69, 9.17) is 9.15 Å². The Labute approximate surface area is 147 Å². The Balaban J connectivity index is 1.79. The molecule has 0 unspecified atom stereocenters.